The second-order valence-corrected chi connectivity index (χ2v) is 7.42. The molecule has 0 saturated heterocycles. The maximum Gasteiger partial charge on any atom is 0.257 e. The molecule has 0 amide bonds. The Morgan fingerprint density at radius 1 is 1.10 bits per heavy atom. The molecule has 0 bridgehead atoms. The lowest BCUT2D eigenvalue weighted by Gasteiger charge is -2.19. The number of aromatic nitrogens is 2. The molecule has 0 radical (unpaired) electrons. The third-order valence-corrected chi connectivity index (χ3v) is 4.53. The van der Waals surface area contributed by atoms with Crippen LogP contribution in [0, 0.1) is 0 Å². The lowest BCUT2D eigenvalue weighted by atomic mass is 9.87. The lowest BCUT2D eigenvalue weighted by Crippen LogP contribution is -2.22. The van der Waals surface area contributed by atoms with E-state index in [4.69, 9.17) is 0 Å². The van der Waals surface area contributed by atoms with E-state index in [-0.39, 0.29) is 10.4 Å². The van der Waals surface area contributed by atoms with Crippen molar-refractivity contribution in [3.8, 4) is 5.69 Å². The number of hydrogen-bond donors (Lipinski definition) is 1. The number of hydrogen-bond acceptors (Lipinski definition) is 3. The van der Waals surface area contributed by atoms with Gasteiger partial charge in [-0.1, -0.05) is 32.9 Å². The van der Waals surface area contributed by atoms with Gasteiger partial charge in [0, 0.05) is 0 Å². The second-order valence-electron chi connectivity index (χ2n) is 5.59. The molecule has 1 N–H and O–H groups in total. The summed E-state index contributed by atoms with van der Waals surface area (Å²) in [4.78, 5) is 0. The summed E-state index contributed by atoms with van der Waals surface area (Å²) < 4.78 is 27.5. The number of rotatable bonds is 3. The van der Waals surface area contributed by atoms with Crippen LogP contribution in [0.5, 0.6) is 0 Å². The van der Waals surface area contributed by atoms with Crippen molar-refractivity contribution in [3.05, 3.63) is 42.1 Å². The van der Waals surface area contributed by atoms with Gasteiger partial charge in [0.25, 0.3) is 10.0 Å². The van der Waals surface area contributed by atoms with E-state index in [1.54, 1.807) is 0 Å². The van der Waals surface area contributed by atoms with Crippen LogP contribution in [0.25, 0.3) is 5.69 Å². The monoisotopic (exact) mass is 293 g/mol. The molecule has 2 aromatic rings. The molecule has 0 atom stereocenters. The summed E-state index contributed by atoms with van der Waals surface area (Å²) in [5.74, 6) is 0. The Hall–Kier alpha value is -1.66. The Labute approximate surface area is 119 Å². The van der Waals surface area contributed by atoms with Gasteiger partial charge in [0.15, 0.2) is 5.03 Å². The average Bonchev–Trinajstić information content (AvgIpc) is 2.88. The number of nitrogens with one attached hydrogen (secondary N) is 1. The average molecular weight is 293 g/mol. The molecule has 0 aliphatic carbocycles. The smallest absolute Gasteiger partial charge is 0.221 e. The topological polar surface area (TPSA) is 64.0 Å². The molecule has 1 aromatic carbocycles. The minimum Gasteiger partial charge on any atom is -0.221 e. The predicted molar refractivity (Wildman–Crippen MR) is 78.5 cm³/mol. The quantitative estimate of drug-likeness (QED) is 0.942. The Morgan fingerprint density at radius 2 is 1.70 bits per heavy atom. The Kier molecular flexibility index (Phi) is 3.71. The van der Waals surface area contributed by atoms with Crippen molar-refractivity contribution in [2.24, 2.45) is 0 Å². The van der Waals surface area contributed by atoms with Gasteiger partial charge in [-0.3, -0.25) is 0 Å². The van der Waals surface area contributed by atoms with Crippen LogP contribution in [-0.2, 0) is 15.4 Å². The van der Waals surface area contributed by atoms with Crippen molar-refractivity contribution in [1.29, 1.82) is 0 Å². The number of sulfonamides is 1. The summed E-state index contributed by atoms with van der Waals surface area (Å²) in [5, 5.41) is 4.22. The maximum atomic E-state index is 11.9. The zero-order valence-electron chi connectivity index (χ0n) is 12.1. The van der Waals surface area contributed by atoms with E-state index in [1.165, 1.54) is 29.6 Å². The van der Waals surface area contributed by atoms with Gasteiger partial charge in [-0.05, 0) is 36.2 Å². The minimum absolute atomic E-state index is 0.0581. The summed E-state index contributed by atoms with van der Waals surface area (Å²) in [6.07, 6.45) is 1.47. The third-order valence-electron chi connectivity index (χ3n) is 3.13. The van der Waals surface area contributed by atoms with E-state index in [1.807, 2.05) is 24.3 Å². The predicted octanol–water partition coefficient (Wildman–Crippen LogP) is 2.08. The zero-order valence-corrected chi connectivity index (χ0v) is 12.9. The summed E-state index contributed by atoms with van der Waals surface area (Å²) in [7, 11) is -2.14. The van der Waals surface area contributed by atoms with Crippen LogP contribution in [0.4, 0.5) is 0 Å². The van der Waals surface area contributed by atoms with Crippen LogP contribution in [0.3, 0.4) is 0 Å². The molecule has 0 unspecified atom stereocenters. The maximum absolute atomic E-state index is 11.9. The molecule has 20 heavy (non-hydrogen) atoms. The van der Waals surface area contributed by atoms with Crippen molar-refractivity contribution < 1.29 is 8.42 Å². The SMILES string of the molecule is CNS(=O)(=O)c1ccnn1-c1ccc(C(C)(C)C)cc1. The zero-order chi connectivity index (χ0) is 15.0. The molecule has 1 heterocycles. The third kappa shape index (κ3) is 2.76. The Morgan fingerprint density at radius 3 is 2.20 bits per heavy atom. The van der Waals surface area contributed by atoms with Crippen molar-refractivity contribution in [3.63, 3.8) is 0 Å². The largest absolute Gasteiger partial charge is 0.257 e. The normalized spacial score (nSPS) is 12.6. The van der Waals surface area contributed by atoms with Crippen molar-refractivity contribution in [2.75, 3.05) is 7.05 Å². The Balaban J connectivity index is 2.47. The molecule has 108 valence electrons. The van der Waals surface area contributed by atoms with E-state index in [0.29, 0.717) is 0 Å². The molecule has 0 aliphatic heterocycles. The highest BCUT2D eigenvalue weighted by atomic mass is 32.2. The first-order valence-electron chi connectivity index (χ1n) is 6.34. The molecular weight excluding hydrogens is 274 g/mol. The molecule has 1 aromatic heterocycles. The first-order chi connectivity index (χ1) is 9.25. The molecule has 0 aliphatic rings. The fraction of sp³-hybridized carbons (Fsp3) is 0.357. The minimum atomic E-state index is -3.52. The second kappa shape index (κ2) is 5.03. The fourth-order valence-electron chi connectivity index (χ4n) is 1.90. The van der Waals surface area contributed by atoms with Gasteiger partial charge < -0.3 is 0 Å². The summed E-state index contributed by atoms with van der Waals surface area (Å²) in [6.45, 7) is 6.40. The summed E-state index contributed by atoms with van der Waals surface area (Å²) >= 11 is 0. The molecule has 0 saturated carbocycles. The number of nitrogens with zero attached hydrogens (tertiary/aromatic N) is 2. The van der Waals surface area contributed by atoms with Crippen molar-refractivity contribution in [2.45, 2.75) is 31.2 Å². The van der Waals surface area contributed by atoms with Crippen LogP contribution < -0.4 is 4.72 Å². The van der Waals surface area contributed by atoms with Gasteiger partial charge >= 0.3 is 0 Å². The van der Waals surface area contributed by atoms with E-state index >= 15 is 0 Å². The van der Waals surface area contributed by atoms with Crippen LogP contribution in [-0.4, -0.2) is 25.2 Å². The fourth-order valence-corrected chi connectivity index (χ4v) is 2.73. The molecule has 2 rings (SSSR count). The van der Waals surface area contributed by atoms with Gasteiger partial charge in [-0.2, -0.15) is 5.10 Å². The van der Waals surface area contributed by atoms with Crippen LogP contribution >= 0.6 is 0 Å². The van der Waals surface area contributed by atoms with Gasteiger partial charge in [0.2, 0.25) is 0 Å². The highest BCUT2D eigenvalue weighted by molar-refractivity contribution is 7.89. The number of benzene rings is 1. The van der Waals surface area contributed by atoms with E-state index in [0.717, 1.165) is 5.69 Å². The van der Waals surface area contributed by atoms with Crippen molar-refractivity contribution in [1.82, 2.24) is 14.5 Å². The van der Waals surface area contributed by atoms with Crippen LogP contribution in [0.1, 0.15) is 26.3 Å². The summed E-state index contributed by atoms with van der Waals surface area (Å²) in [5.41, 5.74) is 1.96. The Bertz CT molecular complexity index is 695. The van der Waals surface area contributed by atoms with E-state index in [2.05, 4.69) is 30.6 Å². The first-order valence-corrected chi connectivity index (χ1v) is 7.82. The van der Waals surface area contributed by atoms with Gasteiger partial charge in [0.05, 0.1) is 11.9 Å². The van der Waals surface area contributed by atoms with Gasteiger partial charge in [-0.25, -0.2) is 17.8 Å². The molecule has 0 fully saturated rings. The van der Waals surface area contributed by atoms with Gasteiger partial charge in [-0.15, -0.1) is 0 Å². The summed E-state index contributed by atoms with van der Waals surface area (Å²) in [6, 6.07) is 9.22. The lowest BCUT2D eigenvalue weighted by molar-refractivity contribution is 0.577. The van der Waals surface area contributed by atoms with Gasteiger partial charge in [0.1, 0.15) is 0 Å². The van der Waals surface area contributed by atoms with Crippen molar-refractivity contribution >= 4 is 10.0 Å². The molecule has 5 nitrogen and oxygen atoms in total. The van der Waals surface area contributed by atoms with Crippen LogP contribution in [0.15, 0.2) is 41.6 Å². The first kappa shape index (κ1) is 14.7. The molecule has 0 spiro atoms. The van der Waals surface area contributed by atoms with E-state index < -0.39 is 10.0 Å². The molecular formula is C14H19N3O2S. The standard InChI is InChI=1S/C14H19N3O2S/c1-14(2,3)11-5-7-12(8-6-11)17-13(9-10-16-17)20(18,19)15-4/h5-10,15H,1-4H3. The highest BCUT2D eigenvalue weighted by Gasteiger charge is 2.19. The highest BCUT2D eigenvalue weighted by Crippen LogP contribution is 2.23. The van der Waals surface area contributed by atoms with E-state index in [9.17, 15) is 8.42 Å². The molecule has 6 heteroatoms. The van der Waals surface area contributed by atoms with Crippen LogP contribution in [0.2, 0.25) is 0 Å².